The molecule has 0 atom stereocenters. The summed E-state index contributed by atoms with van der Waals surface area (Å²) in [5.74, 6) is 0.483. The van der Waals surface area contributed by atoms with Crippen molar-refractivity contribution in [3.63, 3.8) is 0 Å². The van der Waals surface area contributed by atoms with Gasteiger partial charge in [-0.1, -0.05) is 60.7 Å². The SMILES string of the molecule is CCOc1cnc(C(O)(c2ccccc2)c2ccccc2)o1. The third kappa shape index (κ3) is 2.49. The van der Waals surface area contributed by atoms with Crippen LogP contribution in [0.2, 0.25) is 0 Å². The zero-order chi connectivity index (χ0) is 15.4. The van der Waals surface area contributed by atoms with Gasteiger partial charge in [0, 0.05) is 0 Å². The lowest BCUT2D eigenvalue weighted by atomic mass is 9.86. The van der Waals surface area contributed by atoms with E-state index in [1.54, 1.807) is 0 Å². The minimum Gasteiger partial charge on any atom is -0.464 e. The molecule has 0 spiro atoms. The topological polar surface area (TPSA) is 55.5 Å². The molecule has 0 unspecified atom stereocenters. The van der Waals surface area contributed by atoms with E-state index in [0.29, 0.717) is 23.7 Å². The quantitative estimate of drug-likeness (QED) is 0.784. The van der Waals surface area contributed by atoms with Crippen LogP contribution in [0.3, 0.4) is 0 Å². The molecule has 112 valence electrons. The molecule has 0 saturated carbocycles. The first-order valence-corrected chi connectivity index (χ1v) is 7.17. The monoisotopic (exact) mass is 295 g/mol. The number of nitrogens with zero attached hydrogens (tertiary/aromatic N) is 1. The second kappa shape index (κ2) is 6.03. The Morgan fingerprint density at radius 2 is 1.55 bits per heavy atom. The molecule has 3 aromatic rings. The molecule has 2 aromatic carbocycles. The van der Waals surface area contributed by atoms with Crippen LogP contribution in [0.4, 0.5) is 0 Å². The molecule has 4 heteroatoms. The summed E-state index contributed by atoms with van der Waals surface area (Å²) in [5, 5.41) is 11.4. The Balaban J connectivity index is 2.14. The molecule has 0 aliphatic rings. The standard InChI is InChI=1S/C18H17NO3/c1-2-21-16-13-19-17(22-16)18(20,14-9-5-3-6-10-14)15-11-7-4-8-12-15/h3-13,20H,2H2,1H3. The maximum atomic E-state index is 11.4. The van der Waals surface area contributed by atoms with Gasteiger partial charge in [-0.25, -0.2) is 4.98 Å². The molecule has 0 fully saturated rings. The van der Waals surface area contributed by atoms with Gasteiger partial charge in [0.2, 0.25) is 5.89 Å². The van der Waals surface area contributed by atoms with E-state index < -0.39 is 5.60 Å². The van der Waals surface area contributed by atoms with Crippen LogP contribution in [0.5, 0.6) is 5.95 Å². The highest BCUT2D eigenvalue weighted by Crippen LogP contribution is 2.37. The third-order valence-electron chi connectivity index (χ3n) is 3.46. The van der Waals surface area contributed by atoms with Gasteiger partial charge < -0.3 is 14.3 Å². The van der Waals surface area contributed by atoms with Crippen molar-refractivity contribution in [2.45, 2.75) is 12.5 Å². The highest BCUT2D eigenvalue weighted by Gasteiger charge is 2.38. The number of hydrogen-bond donors (Lipinski definition) is 1. The summed E-state index contributed by atoms with van der Waals surface area (Å²) in [5.41, 5.74) is -0.0880. The molecule has 0 bridgehead atoms. The van der Waals surface area contributed by atoms with Crippen molar-refractivity contribution in [3.05, 3.63) is 83.9 Å². The predicted octanol–water partition coefficient (Wildman–Crippen LogP) is 3.36. The van der Waals surface area contributed by atoms with Crippen LogP contribution in [-0.2, 0) is 5.60 Å². The lowest BCUT2D eigenvalue weighted by molar-refractivity contribution is 0.0864. The molecule has 0 aliphatic carbocycles. The van der Waals surface area contributed by atoms with Crippen LogP contribution < -0.4 is 4.74 Å². The van der Waals surface area contributed by atoms with E-state index in [-0.39, 0.29) is 5.89 Å². The molecule has 4 nitrogen and oxygen atoms in total. The number of ether oxygens (including phenoxy) is 1. The predicted molar refractivity (Wildman–Crippen MR) is 82.7 cm³/mol. The lowest BCUT2D eigenvalue weighted by Gasteiger charge is -2.25. The Bertz CT molecular complexity index is 683. The zero-order valence-corrected chi connectivity index (χ0v) is 12.3. The Labute approximate surface area is 129 Å². The molecule has 0 amide bonds. The number of benzene rings is 2. The van der Waals surface area contributed by atoms with Crippen molar-refractivity contribution in [3.8, 4) is 5.95 Å². The van der Waals surface area contributed by atoms with E-state index in [2.05, 4.69) is 4.98 Å². The van der Waals surface area contributed by atoms with Gasteiger partial charge >= 0.3 is 5.95 Å². The average Bonchev–Trinajstić information content (AvgIpc) is 3.05. The van der Waals surface area contributed by atoms with Gasteiger partial charge in [-0.15, -0.1) is 0 Å². The number of hydrogen-bond acceptors (Lipinski definition) is 4. The van der Waals surface area contributed by atoms with E-state index in [0.717, 1.165) is 0 Å². The van der Waals surface area contributed by atoms with Gasteiger partial charge in [-0.05, 0) is 18.1 Å². The van der Waals surface area contributed by atoms with Crippen molar-refractivity contribution in [1.29, 1.82) is 0 Å². The first-order valence-electron chi connectivity index (χ1n) is 7.17. The highest BCUT2D eigenvalue weighted by atomic mass is 16.6. The van der Waals surface area contributed by atoms with Crippen LogP contribution in [-0.4, -0.2) is 16.7 Å². The molecule has 1 aromatic heterocycles. The summed E-state index contributed by atoms with van der Waals surface area (Å²) in [6.45, 7) is 2.34. The summed E-state index contributed by atoms with van der Waals surface area (Å²) < 4.78 is 10.9. The fraction of sp³-hybridized carbons (Fsp3) is 0.167. The Morgan fingerprint density at radius 3 is 2.05 bits per heavy atom. The van der Waals surface area contributed by atoms with Crippen LogP contribution in [0.1, 0.15) is 23.9 Å². The summed E-state index contributed by atoms with van der Waals surface area (Å²) in [6, 6.07) is 18.7. The number of oxazole rings is 1. The minimum atomic E-state index is -1.46. The van der Waals surface area contributed by atoms with Crippen molar-refractivity contribution in [1.82, 2.24) is 4.98 Å². The fourth-order valence-electron chi connectivity index (χ4n) is 2.41. The summed E-state index contributed by atoms with van der Waals surface area (Å²) in [7, 11) is 0. The van der Waals surface area contributed by atoms with Crippen molar-refractivity contribution >= 4 is 0 Å². The van der Waals surface area contributed by atoms with Gasteiger partial charge in [0.25, 0.3) is 0 Å². The molecular formula is C18H17NO3. The van der Waals surface area contributed by atoms with Gasteiger partial charge in [0.1, 0.15) is 6.20 Å². The third-order valence-corrected chi connectivity index (χ3v) is 3.46. The summed E-state index contributed by atoms with van der Waals surface area (Å²) in [6.07, 6.45) is 1.48. The van der Waals surface area contributed by atoms with Crippen LogP contribution in [0.15, 0.2) is 71.3 Å². The second-order valence-corrected chi connectivity index (χ2v) is 4.86. The number of aromatic nitrogens is 1. The summed E-state index contributed by atoms with van der Waals surface area (Å²) >= 11 is 0. The second-order valence-electron chi connectivity index (χ2n) is 4.86. The van der Waals surface area contributed by atoms with Gasteiger partial charge in [-0.2, -0.15) is 0 Å². The average molecular weight is 295 g/mol. The van der Waals surface area contributed by atoms with Gasteiger partial charge in [-0.3, -0.25) is 0 Å². The van der Waals surface area contributed by atoms with Crippen molar-refractivity contribution in [2.75, 3.05) is 6.61 Å². The Kier molecular flexibility index (Phi) is 3.94. The van der Waals surface area contributed by atoms with Crippen molar-refractivity contribution < 1.29 is 14.3 Å². The molecular weight excluding hydrogens is 278 g/mol. The number of rotatable bonds is 5. The van der Waals surface area contributed by atoms with E-state index >= 15 is 0 Å². The smallest absolute Gasteiger partial charge is 0.305 e. The minimum absolute atomic E-state index is 0.188. The van der Waals surface area contributed by atoms with E-state index in [4.69, 9.17) is 9.15 Å². The number of aliphatic hydroxyl groups is 1. The van der Waals surface area contributed by atoms with Crippen LogP contribution in [0.25, 0.3) is 0 Å². The summed E-state index contributed by atoms with van der Waals surface area (Å²) in [4.78, 5) is 4.22. The first-order chi connectivity index (χ1) is 10.7. The lowest BCUT2D eigenvalue weighted by Crippen LogP contribution is -2.29. The van der Waals surface area contributed by atoms with E-state index in [1.807, 2.05) is 67.6 Å². The Hall–Kier alpha value is -2.59. The molecule has 3 rings (SSSR count). The van der Waals surface area contributed by atoms with Gasteiger partial charge in [0.15, 0.2) is 5.60 Å². The largest absolute Gasteiger partial charge is 0.464 e. The maximum absolute atomic E-state index is 11.4. The van der Waals surface area contributed by atoms with Crippen LogP contribution >= 0.6 is 0 Å². The molecule has 0 radical (unpaired) electrons. The Morgan fingerprint density at radius 1 is 1.00 bits per heavy atom. The fourth-order valence-corrected chi connectivity index (χ4v) is 2.41. The van der Waals surface area contributed by atoms with Crippen LogP contribution in [0, 0.1) is 0 Å². The van der Waals surface area contributed by atoms with Crippen molar-refractivity contribution in [2.24, 2.45) is 0 Å². The van der Waals surface area contributed by atoms with Gasteiger partial charge in [0.05, 0.1) is 6.61 Å². The highest BCUT2D eigenvalue weighted by molar-refractivity contribution is 5.41. The molecule has 0 aliphatic heterocycles. The first kappa shape index (κ1) is 14.4. The molecule has 1 heterocycles. The zero-order valence-electron chi connectivity index (χ0n) is 12.3. The van der Waals surface area contributed by atoms with E-state index in [9.17, 15) is 5.11 Å². The molecule has 1 N–H and O–H groups in total. The molecule has 0 saturated heterocycles. The molecule has 22 heavy (non-hydrogen) atoms. The normalized spacial score (nSPS) is 11.4. The van der Waals surface area contributed by atoms with E-state index in [1.165, 1.54) is 6.20 Å². The maximum Gasteiger partial charge on any atom is 0.305 e.